The van der Waals surface area contributed by atoms with Crippen molar-refractivity contribution >= 4 is 11.9 Å². The third-order valence-electron chi connectivity index (χ3n) is 5.11. The van der Waals surface area contributed by atoms with Crippen LogP contribution in [0.25, 0.3) is 0 Å². The standard InChI is InChI=1S/C15H21NO3/c1-9-4-6-16(7-5-9)14(17)12-10-2-3-11(8-10)13(12)15(18)19/h2-3,9-13H,4-8H2,1H3,(H,18,19)/p-1/t10-,11-,12+,13+/m1/s1. The summed E-state index contributed by atoms with van der Waals surface area (Å²) in [5.41, 5.74) is 0. The minimum atomic E-state index is -1.06. The van der Waals surface area contributed by atoms with Gasteiger partial charge in [-0.25, -0.2) is 0 Å². The van der Waals surface area contributed by atoms with Crippen LogP contribution in [0.3, 0.4) is 0 Å². The van der Waals surface area contributed by atoms with E-state index in [1.807, 2.05) is 17.1 Å². The second-order valence-electron chi connectivity index (χ2n) is 6.33. The molecule has 3 aliphatic rings. The zero-order chi connectivity index (χ0) is 13.6. The average molecular weight is 262 g/mol. The molecule has 4 nitrogen and oxygen atoms in total. The molecule has 0 spiro atoms. The first kappa shape index (κ1) is 12.7. The molecule has 104 valence electrons. The zero-order valence-electron chi connectivity index (χ0n) is 11.2. The highest BCUT2D eigenvalue weighted by Gasteiger charge is 2.49. The van der Waals surface area contributed by atoms with Gasteiger partial charge in [-0.3, -0.25) is 4.79 Å². The Balaban J connectivity index is 1.75. The number of hydrogen-bond donors (Lipinski definition) is 0. The number of piperidine rings is 1. The Morgan fingerprint density at radius 3 is 2.26 bits per heavy atom. The molecule has 0 aromatic carbocycles. The quantitative estimate of drug-likeness (QED) is 0.678. The number of likely N-dealkylation sites (tertiary alicyclic amines) is 1. The molecule has 1 saturated carbocycles. The summed E-state index contributed by atoms with van der Waals surface area (Å²) in [5.74, 6) is -1.22. The Bertz CT molecular complexity index is 423. The van der Waals surface area contributed by atoms with Crippen LogP contribution in [0.5, 0.6) is 0 Å². The molecule has 1 heterocycles. The third kappa shape index (κ3) is 2.07. The van der Waals surface area contributed by atoms with Gasteiger partial charge in [0.2, 0.25) is 5.91 Å². The molecule has 19 heavy (non-hydrogen) atoms. The predicted molar refractivity (Wildman–Crippen MR) is 67.7 cm³/mol. The fraction of sp³-hybridized carbons (Fsp3) is 0.733. The van der Waals surface area contributed by atoms with Gasteiger partial charge in [0.25, 0.3) is 0 Å². The van der Waals surface area contributed by atoms with E-state index < -0.39 is 11.9 Å². The van der Waals surface area contributed by atoms with E-state index in [-0.39, 0.29) is 23.7 Å². The Morgan fingerprint density at radius 2 is 1.68 bits per heavy atom. The minimum Gasteiger partial charge on any atom is -0.550 e. The van der Waals surface area contributed by atoms with E-state index in [1.54, 1.807) is 0 Å². The van der Waals surface area contributed by atoms with Crippen molar-refractivity contribution in [1.82, 2.24) is 4.90 Å². The molecule has 4 atom stereocenters. The molecule has 0 N–H and O–H groups in total. The average Bonchev–Trinajstić information content (AvgIpc) is 2.98. The first-order valence-corrected chi connectivity index (χ1v) is 7.26. The minimum absolute atomic E-state index is 0.00710. The van der Waals surface area contributed by atoms with E-state index in [9.17, 15) is 14.7 Å². The molecule has 3 rings (SSSR count). The molecule has 0 radical (unpaired) electrons. The Kier molecular flexibility index (Phi) is 3.11. The smallest absolute Gasteiger partial charge is 0.226 e. The Morgan fingerprint density at radius 1 is 1.11 bits per heavy atom. The van der Waals surface area contributed by atoms with Crippen LogP contribution in [-0.2, 0) is 9.59 Å². The normalized spacial score (nSPS) is 37.8. The van der Waals surface area contributed by atoms with Crippen molar-refractivity contribution in [3.05, 3.63) is 12.2 Å². The third-order valence-corrected chi connectivity index (χ3v) is 5.11. The lowest BCUT2D eigenvalue weighted by atomic mass is 9.81. The van der Waals surface area contributed by atoms with Gasteiger partial charge in [0.05, 0.1) is 5.92 Å². The number of nitrogens with zero attached hydrogens (tertiary/aromatic N) is 1. The Hall–Kier alpha value is -1.32. The second-order valence-corrected chi connectivity index (χ2v) is 6.33. The summed E-state index contributed by atoms with van der Waals surface area (Å²) in [4.78, 5) is 25.8. The highest BCUT2D eigenvalue weighted by molar-refractivity contribution is 5.86. The van der Waals surface area contributed by atoms with Gasteiger partial charge in [0.15, 0.2) is 0 Å². The van der Waals surface area contributed by atoms with E-state index in [0.717, 1.165) is 32.4 Å². The molecule has 0 aromatic rings. The number of amides is 1. The van der Waals surface area contributed by atoms with Crippen LogP contribution < -0.4 is 5.11 Å². The predicted octanol–water partition coefficient (Wildman–Crippen LogP) is 0.433. The first-order valence-electron chi connectivity index (χ1n) is 7.26. The lowest BCUT2D eigenvalue weighted by molar-refractivity contribution is -0.313. The fourth-order valence-electron chi connectivity index (χ4n) is 3.92. The topological polar surface area (TPSA) is 60.4 Å². The molecule has 2 fully saturated rings. The maximum Gasteiger partial charge on any atom is 0.226 e. The summed E-state index contributed by atoms with van der Waals surface area (Å²) in [7, 11) is 0. The van der Waals surface area contributed by atoms with Crippen molar-refractivity contribution in [2.75, 3.05) is 13.1 Å². The van der Waals surface area contributed by atoms with Gasteiger partial charge in [-0.2, -0.15) is 0 Å². The van der Waals surface area contributed by atoms with Gasteiger partial charge in [-0.05, 0) is 37.0 Å². The zero-order valence-corrected chi connectivity index (χ0v) is 11.2. The van der Waals surface area contributed by atoms with Crippen LogP contribution in [0.1, 0.15) is 26.2 Å². The van der Waals surface area contributed by atoms with Gasteiger partial charge in [-0.15, -0.1) is 0 Å². The van der Waals surface area contributed by atoms with Crippen molar-refractivity contribution < 1.29 is 14.7 Å². The molecule has 0 aromatic heterocycles. The fourth-order valence-corrected chi connectivity index (χ4v) is 3.92. The SMILES string of the molecule is CC1CCN(C(=O)[C@@H]2[C@@H](C(=O)[O-])[C@@H]3C=C[C@@H]2C3)CC1. The maximum atomic E-state index is 12.6. The van der Waals surface area contributed by atoms with Crippen molar-refractivity contribution in [1.29, 1.82) is 0 Å². The summed E-state index contributed by atoms with van der Waals surface area (Å²) < 4.78 is 0. The summed E-state index contributed by atoms with van der Waals surface area (Å²) in [5, 5.41) is 11.3. The highest BCUT2D eigenvalue weighted by Crippen LogP contribution is 2.48. The molecule has 1 amide bonds. The van der Waals surface area contributed by atoms with Crippen molar-refractivity contribution in [3.8, 4) is 0 Å². The largest absolute Gasteiger partial charge is 0.550 e. The molecule has 0 unspecified atom stereocenters. The molecule has 2 bridgehead atoms. The highest BCUT2D eigenvalue weighted by atomic mass is 16.4. The van der Waals surface area contributed by atoms with E-state index in [0.29, 0.717) is 5.92 Å². The van der Waals surface area contributed by atoms with Gasteiger partial charge in [-0.1, -0.05) is 19.1 Å². The molecule has 1 saturated heterocycles. The first-order chi connectivity index (χ1) is 9.08. The lowest BCUT2D eigenvalue weighted by Crippen LogP contribution is -2.48. The summed E-state index contributed by atoms with van der Waals surface area (Å²) in [6.45, 7) is 3.75. The monoisotopic (exact) mass is 262 g/mol. The van der Waals surface area contributed by atoms with Crippen LogP contribution in [0.2, 0.25) is 0 Å². The summed E-state index contributed by atoms with van der Waals surface area (Å²) in [6.07, 6.45) is 6.84. The molecule has 4 heteroatoms. The van der Waals surface area contributed by atoms with Gasteiger partial charge in [0.1, 0.15) is 0 Å². The van der Waals surface area contributed by atoms with Crippen LogP contribution in [0, 0.1) is 29.6 Å². The van der Waals surface area contributed by atoms with Gasteiger partial charge in [0, 0.05) is 25.0 Å². The van der Waals surface area contributed by atoms with Crippen LogP contribution in [-0.4, -0.2) is 29.9 Å². The maximum absolute atomic E-state index is 12.6. The number of allylic oxidation sites excluding steroid dienone is 2. The van der Waals surface area contributed by atoms with Gasteiger partial charge >= 0.3 is 0 Å². The number of hydrogen-bond acceptors (Lipinski definition) is 3. The summed E-state index contributed by atoms with van der Waals surface area (Å²) >= 11 is 0. The number of aliphatic carboxylic acids is 1. The lowest BCUT2D eigenvalue weighted by Gasteiger charge is -2.36. The number of carbonyl (C=O) groups is 2. The molecular weight excluding hydrogens is 242 g/mol. The van der Waals surface area contributed by atoms with Gasteiger partial charge < -0.3 is 14.8 Å². The molecule has 2 aliphatic carbocycles. The van der Waals surface area contributed by atoms with Crippen LogP contribution >= 0.6 is 0 Å². The number of carbonyl (C=O) groups excluding carboxylic acids is 2. The number of rotatable bonds is 2. The summed E-state index contributed by atoms with van der Waals surface area (Å²) in [6, 6.07) is 0. The van der Waals surface area contributed by atoms with E-state index in [2.05, 4.69) is 6.92 Å². The van der Waals surface area contributed by atoms with Crippen LogP contribution in [0.15, 0.2) is 12.2 Å². The Labute approximate surface area is 113 Å². The van der Waals surface area contributed by atoms with E-state index >= 15 is 0 Å². The van der Waals surface area contributed by atoms with Crippen molar-refractivity contribution in [2.24, 2.45) is 29.6 Å². The van der Waals surface area contributed by atoms with Crippen LogP contribution in [0.4, 0.5) is 0 Å². The van der Waals surface area contributed by atoms with Crippen molar-refractivity contribution in [2.45, 2.75) is 26.2 Å². The number of fused-ring (bicyclic) bond motifs is 2. The number of carboxylic acids is 1. The molecule has 1 aliphatic heterocycles. The number of carboxylic acid groups (broad SMARTS) is 1. The van der Waals surface area contributed by atoms with E-state index in [4.69, 9.17) is 0 Å². The molecular formula is C15H20NO3-. The van der Waals surface area contributed by atoms with Crippen molar-refractivity contribution in [3.63, 3.8) is 0 Å². The van der Waals surface area contributed by atoms with E-state index in [1.165, 1.54) is 0 Å². The second kappa shape index (κ2) is 4.66.